The van der Waals surface area contributed by atoms with E-state index < -0.39 is 0 Å². The minimum atomic E-state index is 0.454. The molecule has 3 nitrogen and oxygen atoms in total. The smallest absolute Gasteiger partial charge is 0.186 e. The van der Waals surface area contributed by atoms with Gasteiger partial charge in [-0.3, -0.25) is 0 Å². The summed E-state index contributed by atoms with van der Waals surface area (Å²) in [7, 11) is 0. The minimum Gasteiger partial charge on any atom is -0.341 e. The summed E-state index contributed by atoms with van der Waals surface area (Å²) in [5, 5.41) is 7.03. The summed E-state index contributed by atoms with van der Waals surface area (Å²) < 4.78 is 0. The van der Waals surface area contributed by atoms with Crippen molar-refractivity contribution in [3.8, 4) is 0 Å². The molecular weight excluding hydrogens is 298 g/mol. The molecule has 1 fully saturated rings. The highest BCUT2D eigenvalue weighted by molar-refractivity contribution is 7.15. The summed E-state index contributed by atoms with van der Waals surface area (Å²) in [4.78, 5) is 10.3. The van der Waals surface area contributed by atoms with Crippen LogP contribution in [0.5, 0.6) is 0 Å². The van der Waals surface area contributed by atoms with Crippen molar-refractivity contribution in [2.45, 2.75) is 51.7 Å². The summed E-state index contributed by atoms with van der Waals surface area (Å²) in [6.07, 6.45) is 3.84. The van der Waals surface area contributed by atoms with Crippen molar-refractivity contribution in [1.29, 1.82) is 0 Å². The van der Waals surface area contributed by atoms with Crippen molar-refractivity contribution in [2.24, 2.45) is 0 Å². The van der Waals surface area contributed by atoms with Gasteiger partial charge in [0.05, 0.1) is 11.7 Å². The third kappa shape index (κ3) is 2.62. The number of thiophene rings is 1. The minimum absolute atomic E-state index is 0.454. The van der Waals surface area contributed by atoms with E-state index in [0.717, 1.165) is 25.6 Å². The molecule has 2 aromatic heterocycles. The van der Waals surface area contributed by atoms with Crippen LogP contribution < -0.4 is 10.2 Å². The molecule has 1 aliphatic carbocycles. The topological polar surface area (TPSA) is 28.2 Å². The van der Waals surface area contributed by atoms with E-state index >= 15 is 0 Å². The summed E-state index contributed by atoms with van der Waals surface area (Å²) in [6.45, 7) is 6.54. The Hall–Kier alpha value is -0.910. The van der Waals surface area contributed by atoms with E-state index in [-0.39, 0.29) is 0 Å². The third-order valence-corrected chi connectivity index (χ3v) is 6.72. The van der Waals surface area contributed by atoms with E-state index in [9.17, 15) is 0 Å². The Morgan fingerprint density at radius 2 is 2.29 bits per heavy atom. The van der Waals surface area contributed by atoms with Crippen LogP contribution in [0.25, 0.3) is 0 Å². The number of nitrogens with zero attached hydrogens (tertiary/aromatic N) is 2. The lowest BCUT2D eigenvalue weighted by atomic mass is 10.0. The number of aromatic nitrogens is 1. The maximum atomic E-state index is 4.85. The summed E-state index contributed by atoms with van der Waals surface area (Å²) in [6, 6.07) is 3.50. The zero-order chi connectivity index (χ0) is 14.4. The first-order valence-corrected chi connectivity index (χ1v) is 9.44. The lowest BCUT2D eigenvalue weighted by molar-refractivity contribution is 0.630. The van der Waals surface area contributed by atoms with Crippen molar-refractivity contribution in [3.05, 3.63) is 32.5 Å². The molecule has 1 aliphatic heterocycles. The first kappa shape index (κ1) is 13.7. The lowest BCUT2D eigenvalue weighted by Crippen LogP contribution is -2.32. The van der Waals surface area contributed by atoms with E-state index in [0.29, 0.717) is 6.04 Å². The predicted molar refractivity (Wildman–Crippen MR) is 90.5 cm³/mol. The van der Waals surface area contributed by atoms with Crippen molar-refractivity contribution in [1.82, 2.24) is 10.3 Å². The molecule has 21 heavy (non-hydrogen) atoms. The van der Waals surface area contributed by atoms with Gasteiger partial charge >= 0.3 is 0 Å². The fraction of sp³-hybridized carbons (Fsp3) is 0.562. The highest BCUT2D eigenvalue weighted by Gasteiger charge is 2.27. The van der Waals surface area contributed by atoms with Gasteiger partial charge in [0, 0.05) is 28.9 Å². The third-order valence-electron chi connectivity index (χ3n) is 4.53. The molecule has 5 heteroatoms. The number of hydrogen-bond acceptors (Lipinski definition) is 5. The molecule has 0 aromatic carbocycles. The van der Waals surface area contributed by atoms with E-state index in [1.54, 1.807) is 4.88 Å². The maximum absolute atomic E-state index is 4.85. The predicted octanol–water partition coefficient (Wildman–Crippen LogP) is 3.89. The van der Waals surface area contributed by atoms with Crippen LogP contribution in [0.15, 0.2) is 11.4 Å². The standard InChI is InChI=1S/C16H21N3S2/c1-10-15(9-17-12-3-4-12)21-16(18-10)19-7-5-14-13(11(19)2)6-8-20-14/h6,8,11-12,17H,3-5,7,9H2,1-2H3. The quantitative estimate of drug-likeness (QED) is 0.926. The van der Waals surface area contributed by atoms with Crippen LogP contribution in [0.3, 0.4) is 0 Å². The molecule has 1 saturated carbocycles. The van der Waals surface area contributed by atoms with Gasteiger partial charge in [0.2, 0.25) is 0 Å². The maximum Gasteiger partial charge on any atom is 0.186 e. The van der Waals surface area contributed by atoms with E-state index in [1.807, 2.05) is 22.7 Å². The van der Waals surface area contributed by atoms with Crippen LogP contribution in [0.4, 0.5) is 5.13 Å². The molecule has 1 atom stereocenters. The van der Waals surface area contributed by atoms with Crippen LogP contribution >= 0.6 is 22.7 Å². The number of rotatable bonds is 4. The molecule has 1 unspecified atom stereocenters. The van der Waals surface area contributed by atoms with E-state index in [4.69, 9.17) is 4.98 Å². The van der Waals surface area contributed by atoms with Gasteiger partial charge in [-0.25, -0.2) is 4.98 Å². The highest BCUT2D eigenvalue weighted by Crippen LogP contribution is 2.38. The van der Waals surface area contributed by atoms with Gasteiger partial charge < -0.3 is 10.2 Å². The van der Waals surface area contributed by atoms with Crippen LogP contribution in [-0.2, 0) is 13.0 Å². The van der Waals surface area contributed by atoms with E-state index in [1.165, 1.54) is 34.1 Å². The largest absolute Gasteiger partial charge is 0.341 e. The average molecular weight is 319 g/mol. The molecule has 0 amide bonds. The number of thiazole rings is 1. The number of nitrogens with one attached hydrogen (secondary N) is 1. The molecule has 4 rings (SSSR count). The Bertz CT molecular complexity index is 642. The first-order chi connectivity index (χ1) is 10.2. The molecule has 0 bridgehead atoms. The molecule has 1 N–H and O–H groups in total. The van der Waals surface area contributed by atoms with Crippen molar-refractivity contribution in [3.63, 3.8) is 0 Å². The van der Waals surface area contributed by atoms with E-state index in [2.05, 4.69) is 35.5 Å². The van der Waals surface area contributed by atoms with Gasteiger partial charge in [0.15, 0.2) is 5.13 Å². The second-order valence-corrected chi connectivity index (χ2v) is 8.14. The van der Waals surface area contributed by atoms with Gasteiger partial charge in [0.1, 0.15) is 0 Å². The summed E-state index contributed by atoms with van der Waals surface area (Å²) in [5.41, 5.74) is 2.70. The van der Waals surface area contributed by atoms with Crippen molar-refractivity contribution >= 4 is 27.8 Å². The second-order valence-electron chi connectivity index (χ2n) is 6.08. The van der Waals surface area contributed by atoms with Gasteiger partial charge in [-0.2, -0.15) is 0 Å². The molecule has 0 saturated heterocycles. The molecule has 2 aromatic rings. The van der Waals surface area contributed by atoms with Crippen LogP contribution in [0, 0.1) is 6.92 Å². The fourth-order valence-corrected chi connectivity index (χ4v) is 5.08. The number of hydrogen-bond donors (Lipinski definition) is 1. The molecule has 0 spiro atoms. The summed E-state index contributed by atoms with van der Waals surface area (Å²) >= 11 is 3.77. The highest BCUT2D eigenvalue weighted by atomic mass is 32.1. The first-order valence-electron chi connectivity index (χ1n) is 7.75. The second kappa shape index (κ2) is 5.38. The summed E-state index contributed by atoms with van der Waals surface area (Å²) in [5.74, 6) is 0. The number of anilines is 1. The molecule has 0 radical (unpaired) electrons. The Morgan fingerprint density at radius 1 is 1.43 bits per heavy atom. The fourth-order valence-electron chi connectivity index (χ4n) is 2.99. The normalized spacial score (nSPS) is 21.6. The average Bonchev–Trinajstić information content (AvgIpc) is 3.04. The van der Waals surface area contributed by atoms with Crippen LogP contribution in [-0.4, -0.2) is 17.6 Å². The Kier molecular flexibility index (Phi) is 3.52. The Balaban J connectivity index is 1.54. The zero-order valence-electron chi connectivity index (χ0n) is 12.6. The van der Waals surface area contributed by atoms with Crippen molar-refractivity contribution in [2.75, 3.05) is 11.4 Å². The molecule has 2 aliphatic rings. The SMILES string of the molecule is Cc1nc(N2CCc3sccc3C2C)sc1CNC1CC1. The Labute approximate surface area is 134 Å². The van der Waals surface area contributed by atoms with Gasteiger partial charge in [-0.05, 0) is 50.1 Å². The number of fused-ring (bicyclic) bond motifs is 1. The number of aryl methyl sites for hydroxylation is 1. The molecular formula is C16H21N3S2. The molecule has 112 valence electrons. The lowest BCUT2D eigenvalue weighted by Gasteiger charge is -2.33. The van der Waals surface area contributed by atoms with Crippen molar-refractivity contribution < 1.29 is 0 Å². The molecule has 3 heterocycles. The monoisotopic (exact) mass is 319 g/mol. The van der Waals surface area contributed by atoms with Gasteiger partial charge in [0.25, 0.3) is 0 Å². The van der Waals surface area contributed by atoms with Gasteiger partial charge in [-0.15, -0.1) is 22.7 Å². The Morgan fingerprint density at radius 3 is 3.10 bits per heavy atom. The van der Waals surface area contributed by atoms with Gasteiger partial charge in [-0.1, -0.05) is 0 Å². The van der Waals surface area contributed by atoms with Crippen LogP contribution in [0.2, 0.25) is 0 Å². The van der Waals surface area contributed by atoms with Crippen LogP contribution in [0.1, 0.15) is 46.8 Å². The zero-order valence-corrected chi connectivity index (χ0v) is 14.2.